The molecule has 0 aromatic heterocycles. The van der Waals surface area contributed by atoms with Gasteiger partial charge in [-0.2, -0.15) is 0 Å². The number of carboxylic acids is 1. The van der Waals surface area contributed by atoms with Crippen molar-refractivity contribution in [2.75, 3.05) is 0 Å². The maximum absolute atomic E-state index is 10.8. The van der Waals surface area contributed by atoms with Crippen LogP contribution in [0.4, 0.5) is 0 Å². The number of rotatable bonds is 3. The lowest BCUT2D eigenvalue weighted by molar-refractivity contribution is -0.132. The summed E-state index contributed by atoms with van der Waals surface area (Å²) in [6.07, 6.45) is 0. The van der Waals surface area contributed by atoms with Gasteiger partial charge in [0.25, 0.3) is 0 Å². The molecule has 0 amide bonds. The Morgan fingerprint density at radius 3 is 1.92 bits per heavy atom. The lowest BCUT2D eigenvalue weighted by atomic mass is 10.1. The van der Waals surface area contributed by atoms with E-state index in [2.05, 4.69) is 0 Å². The van der Waals surface area contributed by atoms with Crippen molar-refractivity contribution >= 4 is 13.6 Å². The molecule has 0 radical (unpaired) electrons. The Bertz CT molecular complexity index is 287. The summed E-state index contributed by atoms with van der Waals surface area (Å²) in [5.74, 6) is -1.15. The molecule has 0 saturated carbocycles. The van der Waals surface area contributed by atoms with Gasteiger partial charge in [0.05, 0.1) is 5.66 Å². The first-order valence-electron chi connectivity index (χ1n) is 3.63. The van der Waals surface area contributed by atoms with E-state index in [1.54, 1.807) is 0 Å². The molecule has 0 heterocycles. The van der Waals surface area contributed by atoms with Gasteiger partial charge in [0, 0.05) is 5.57 Å². The molecule has 0 spiro atoms. The van der Waals surface area contributed by atoms with Crippen molar-refractivity contribution in [1.82, 2.24) is 0 Å². The van der Waals surface area contributed by atoms with E-state index in [1.807, 2.05) is 0 Å². The minimum absolute atomic E-state index is 0.0178. The summed E-state index contributed by atoms with van der Waals surface area (Å²) in [7, 11) is -4.23. The molecule has 13 heavy (non-hydrogen) atoms. The zero-order chi connectivity index (χ0) is 10.8. The van der Waals surface area contributed by atoms with Crippen LogP contribution in [0, 0.1) is 0 Å². The highest BCUT2D eigenvalue weighted by Crippen LogP contribution is 2.44. The fourth-order valence-corrected chi connectivity index (χ4v) is 1.43. The highest BCUT2D eigenvalue weighted by molar-refractivity contribution is 7.52. The number of allylic oxidation sites excluding steroid dienone is 1. The van der Waals surface area contributed by atoms with Crippen LogP contribution in [0.3, 0.4) is 0 Å². The molecule has 5 nitrogen and oxygen atoms in total. The highest BCUT2D eigenvalue weighted by atomic mass is 31.2. The fraction of sp³-hybridized carbons (Fsp3) is 0.571. The van der Waals surface area contributed by atoms with Crippen LogP contribution in [0.1, 0.15) is 20.8 Å². The van der Waals surface area contributed by atoms with Crippen LogP contribution < -0.4 is 0 Å². The Kier molecular flexibility index (Phi) is 3.85. The molecule has 6 heteroatoms. The number of carbonyl (C=O) groups is 1. The normalized spacial score (nSPS) is 16.4. The second kappa shape index (κ2) is 4.05. The number of hydrogen-bond donors (Lipinski definition) is 3. The van der Waals surface area contributed by atoms with Crippen LogP contribution in [0.25, 0.3) is 0 Å². The first-order valence-corrected chi connectivity index (χ1v) is 5.32. The molecule has 76 valence electrons. The van der Waals surface area contributed by atoms with E-state index < -0.39 is 19.2 Å². The predicted molar refractivity (Wildman–Crippen MR) is 47.5 cm³/mol. The second-order valence-electron chi connectivity index (χ2n) is 2.88. The first kappa shape index (κ1) is 12.4. The Balaban J connectivity index is 5.00. The van der Waals surface area contributed by atoms with Crippen molar-refractivity contribution in [3.05, 3.63) is 11.1 Å². The molecule has 0 saturated heterocycles. The second-order valence-corrected chi connectivity index (χ2v) is 4.83. The van der Waals surface area contributed by atoms with Crippen LogP contribution in [0.2, 0.25) is 0 Å². The van der Waals surface area contributed by atoms with E-state index in [0.717, 1.165) is 0 Å². The van der Waals surface area contributed by atoms with E-state index >= 15 is 0 Å². The van der Waals surface area contributed by atoms with Gasteiger partial charge < -0.3 is 14.9 Å². The average Bonchev–Trinajstić information content (AvgIpc) is 1.98. The molecule has 0 aliphatic carbocycles. The van der Waals surface area contributed by atoms with E-state index in [9.17, 15) is 9.36 Å². The van der Waals surface area contributed by atoms with Crippen molar-refractivity contribution in [2.24, 2.45) is 0 Å². The molecule has 0 bridgehead atoms. The molecule has 0 aliphatic heterocycles. The van der Waals surface area contributed by atoms with Crippen molar-refractivity contribution in [3.63, 3.8) is 0 Å². The summed E-state index contributed by atoms with van der Waals surface area (Å²) in [5, 5.41) is 8.56. The van der Waals surface area contributed by atoms with Crippen molar-refractivity contribution < 1.29 is 24.3 Å². The number of carboxylic acid groups (broad SMARTS) is 1. The van der Waals surface area contributed by atoms with Crippen molar-refractivity contribution in [2.45, 2.75) is 26.4 Å². The molecule has 3 N–H and O–H groups in total. The van der Waals surface area contributed by atoms with Crippen LogP contribution in [0.15, 0.2) is 11.1 Å². The van der Waals surface area contributed by atoms with Crippen molar-refractivity contribution in [3.8, 4) is 0 Å². The highest BCUT2D eigenvalue weighted by Gasteiger charge is 2.27. The number of aliphatic carboxylic acids is 1. The summed E-state index contributed by atoms with van der Waals surface area (Å²) < 4.78 is 10.8. The maximum Gasteiger partial charge on any atom is 0.332 e. The zero-order valence-electron chi connectivity index (χ0n) is 7.68. The van der Waals surface area contributed by atoms with Gasteiger partial charge in [0.2, 0.25) is 0 Å². The van der Waals surface area contributed by atoms with Crippen LogP contribution in [0.5, 0.6) is 0 Å². The molecule has 0 fully saturated rings. The lowest BCUT2D eigenvalue weighted by Crippen LogP contribution is -2.10. The Hall–Kier alpha value is -0.640. The minimum Gasteiger partial charge on any atom is -0.478 e. The molecule has 1 atom stereocenters. The molecule has 0 rings (SSSR count). The van der Waals surface area contributed by atoms with Gasteiger partial charge in [-0.1, -0.05) is 0 Å². The molecular formula is C7H13O5P. The number of hydrogen-bond acceptors (Lipinski definition) is 2. The third-order valence-corrected chi connectivity index (χ3v) is 3.44. The lowest BCUT2D eigenvalue weighted by Gasteiger charge is -2.15. The van der Waals surface area contributed by atoms with Gasteiger partial charge in [-0.3, -0.25) is 4.57 Å². The van der Waals surface area contributed by atoms with Gasteiger partial charge in [-0.25, -0.2) is 4.79 Å². The van der Waals surface area contributed by atoms with Crippen LogP contribution >= 0.6 is 7.60 Å². The zero-order valence-corrected chi connectivity index (χ0v) is 8.58. The third kappa shape index (κ3) is 3.30. The molecule has 1 unspecified atom stereocenters. The summed E-state index contributed by atoms with van der Waals surface area (Å²) in [4.78, 5) is 28.0. The predicted octanol–water partition coefficient (Wildman–Crippen LogP) is 0.974. The Labute approximate surface area is 76.2 Å². The van der Waals surface area contributed by atoms with Gasteiger partial charge in [0.1, 0.15) is 0 Å². The summed E-state index contributed by atoms with van der Waals surface area (Å²) in [6, 6.07) is 0. The third-order valence-electron chi connectivity index (χ3n) is 2.04. The monoisotopic (exact) mass is 208 g/mol. The van der Waals surface area contributed by atoms with Gasteiger partial charge in [-0.05, 0) is 26.3 Å². The average molecular weight is 208 g/mol. The van der Waals surface area contributed by atoms with Gasteiger partial charge in [-0.15, -0.1) is 0 Å². The minimum atomic E-state index is -4.23. The van der Waals surface area contributed by atoms with E-state index in [4.69, 9.17) is 14.9 Å². The maximum atomic E-state index is 10.8. The van der Waals surface area contributed by atoms with E-state index in [1.165, 1.54) is 20.8 Å². The van der Waals surface area contributed by atoms with Crippen LogP contribution in [-0.2, 0) is 9.36 Å². The topological polar surface area (TPSA) is 94.8 Å². The van der Waals surface area contributed by atoms with Crippen molar-refractivity contribution in [1.29, 1.82) is 0 Å². The quantitative estimate of drug-likeness (QED) is 0.474. The molecule has 0 aromatic carbocycles. The van der Waals surface area contributed by atoms with Gasteiger partial charge >= 0.3 is 13.6 Å². The first-order chi connectivity index (χ1) is 5.68. The van der Waals surface area contributed by atoms with Gasteiger partial charge in [0.15, 0.2) is 0 Å². The fourth-order valence-electron chi connectivity index (χ4n) is 0.734. The molecular weight excluding hydrogens is 195 g/mol. The van der Waals surface area contributed by atoms with E-state index in [0.29, 0.717) is 0 Å². The summed E-state index contributed by atoms with van der Waals surface area (Å²) in [5.41, 5.74) is -0.847. The standard InChI is InChI=1S/C7H13O5P/c1-4(5(2)7(8)9)6(3)13(10,11)12/h6H,1-3H3,(H,8,9)(H2,10,11,12)/b5-4+. The molecule has 0 aliphatic rings. The van der Waals surface area contributed by atoms with Crippen LogP contribution in [-0.4, -0.2) is 26.5 Å². The largest absolute Gasteiger partial charge is 0.478 e. The Morgan fingerprint density at radius 1 is 1.31 bits per heavy atom. The summed E-state index contributed by atoms with van der Waals surface area (Å²) in [6.45, 7) is 4.04. The van der Waals surface area contributed by atoms with E-state index in [-0.39, 0.29) is 11.1 Å². The SMILES string of the molecule is C/C(C(=O)O)=C(/C)C(C)P(=O)(O)O. The smallest absolute Gasteiger partial charge is 0.332 e. The summed E-state index contributed by atoms with van der Waals surface area (Å²) >= 11 is 0. The molecule has 0 aromatic rings. The Morgan fingerprint density at radius 2 is 1.69 bits per heavy atom.